The quantitative estimate of drug-likeness (QED) is 0.462. The van der Waals surface area contributed by atoms with Gasteiger partial charge in [-0.25, -0.2) is 0 Å². The number of hydrogen-bond acceptors (Lipinski definition) is 3. The zero-order chi connectivity index (χ0) is 7.78. The third-order valence-electron chi connectivity index (χ3n) is 1.90. The Kier molecular flexibility index (Phi) is 2.03. The minimum Gasteiger partial charge on any atom is -0.393 e. The number of ether oxygens (including phenoxy) is 1. The van der Waals surface area contributed by atoms with Gasteiger partial charge in [0.2, 0.25) is 0 Å². The van der Waals surface area contributed by atoms with Gasteiger partial charge < -0.3 is 14.9 Å². The van der Waals surface area contributed by atoms with Gasteiger partial charge in [0.25, 0.3) is 0 Å². The average molecular weight is 142 g/mol. The second kappa shape index (κ2) is 2.53. The molecule has 3 atom stereocenters. The molecule has 1 aliphatic rings. The van der Waals surface area contributed by atoms with Crippen LogP contribution in [-0.2, 0) is 4.74 Å². The Morgan fingerprint density at radius 1 is 1.80 bits per heavy atom. The van der Waals surface area contributed by atoms with Crippen LogP contribution in [0.25, 0.3) is 0 Å². The molecule has 1 aliphatic heterocycles. The van der Waals surface area contributed by atoms with Gasteiger partial charge in [-0.2, -0.15) is 0 Å². The summed E-state index contributed by atoms with van der Waals surface area (Å²) in [4.78, 5) is 0. The molecule has 1 rings (SSSR count). The zero-order valence-electron chi connectivity index (χ0n) is 5.95. The summed E-state index contributed by atoms with van der Waals surface area (Å²) in [7, 11) is 5.38. The molecule has 4 heteroatoms. The fraction of sp³-hybridized carbons (Fsp3) is 1.00. The van der Waals surface area contributed by atoms with Crippen LogP contribution in [0.2, 0.25) is 0 Å². The molecule has 0 bridgehead atoms. The highest BCUT2D eigenvalue weighted by atomic mass is 16.5. The van der Waals surface area contributed by atoms with Crippen molar-refractivity contribution in [2.24, 2.45) is 0 Å². The van der Waals surface area contributed by atoms with Crippen LogP contribution < -0.4 is 0 Å². The van der Waals surface area contributed by atoms with Gasteiger partial charge in [-0.05, 0) is 13.3 Å². The van der Waals surface area contributed by atoms with Crippen LogP contribution in [-0.4, -0.2) is 42.4 Å². The summed E-state index contributed by atoms with van der Waals surface area (Å²) in [6.45, 7) is 1.45. The first-order valence-corrected chi connectivity index (χ1v) is 3.31. The van der Waals surface area contributed by atoms with Crippen LogP contribution >= 0.6 is 0 Å². The van der Waals surface area contributed by atoms with E-state index in [9.17, 15) is 5.11 Å². The second-order valence-electron chi connectivity index (χ2n) is 2.88. The highest BCUT2D eigenvalue weighted by Gasteiger charge is 2.41. The molecule has 0 saturated carbocycles. The lowest BCUT2D eigenvalue weighted by molar-refractivity contribution is -0.0839. The Morgan fingerprint density at radius 2 is 2.40 bits per heavy atom. The highest BCUT2D eigenvalue weighted by molar-refractivity contribution is 6.11. The van der Waals surface area contributed by atoms with Crippen molar-refractivity contribution < 1.29 is 14.9 Å². The fourth-order valence-electron chi connectivity index (χ4n) is 1.08. The molecule has 0 amide bonds. The Balaban J connectivity index is 2.61. The van der Waals surface area contributed by atoms with Gasteiger partial charge in [-0.1, -0.05) is 0 Å². The van der Waals surface area contributed by atoms with E-state index in [1.807, 2.05) is 0 Å². The van der Waals surface area contributed by atoms with Crippen LogP contribution in [0.5, 0.6) is 0 Å². The molecule has 1 fully saturated rings. The van der Waals surface area contributed by atoms with Gasteiger partial charge in [0.1, 0.15) is 13.4 Å². The first-order valence-electron chi connectivity index (χ1n) is 3.31. The minimum atomic E-state index is -0.848. The molecular weight excluding hydrogens is 131 g/mol. The van der Waals surface area contributed by atoms with E-state index in [1.54, 1.807) is 6.92 Å². The third kappa shape index (κ3) is 1.19. The maximum atomic E-state index is 9.25. The van der Waals surface area contributed by atoms with Gasteiger partial charge >= 0.3 is 0 Å². The molecule has 0 spiro atoms. The topological polar surface area (TPSA) is 49.7 Å². The summed E-state index contributed by atoms with van der Waals surface area (Å²) in [5.41, 5.74) is -0.848. The van der Waals surface area contributed by atoms with Gasteiger partial charge in [0.05, 0.1) is 12.7 Å². The van der Waals surface area contributed by atoms with Gasteiger partial charge in [-0.3, -0.25) is 0 Å². The smallest absolute Gasteiger partial charge is 0.113 e. The standard InChI is InChI=1S/C6H11BO3/c1-6(3-8)4(9)2-5(7)10-6/h4-5,8-9H,2-3H2,1H3/t4-,5+,6+/m0/s1. The fourth-order valence-corrected chi connectivity index (χ4v) is 1.08. The number of hydrogen-bond donors (Lipinski definition) is 2. The van der Waals surface area contributed by atoms with Crippen molar-refractivity contribution in [1.82, 2.24) is 0 Å². The molecule has 0 aromatic rings. The van der Waals surface area contributed by atoms with E-state index in [4.69, 9.17) is 17.7 Å². The SMILES string of the molecule is [B][C@H]1C[C@H](O)[C@@](C)(CO)O1. The van der Waals surface area contributed by atoms with Crippen LogP contribution in [0.4, 0.5) is 0 Å². The second-order valence-corrected chi connectivity index (χ2v) is 2.88. The van der Waals surface area contributed by atoms with Gasteiger partial charge in [0, 0.05) is 6.00 Å². The average Bonchev–Trinajstić information content (AvgIpc) is 2.09. The normalized spacial score (nSPS) is 47.9. The van der Waals surface area contributed by atoms with E-state index >= 15 is 0 Å². The third-order valence-corrected chi connectivity index (χ3v) is 1.90. The molecule has 10 heavy (non-hydrogen) atoms. The van der Waals surface area contributed by atoms with E-state index in [1.165, 1.54) is 0 Å². The monoisotopic (exact) mass is 142 g/mol. The summed E-state index contributed by atoms with van der Waals surface area (Å²) in [5.74, 6) is 0. The molecule has 0 aliphatic carbocycles. The van der Waals surface area contributed by atoms with Crippen LogP contribution in [0.1, 0.15) is 13.3 Å². The zero-order valence-corrected chi connectivity index (χ0v) is 5.95. The lowest BCUT2D eigenvalue weighted by atomic mass is 9.93. The van der Waals surface area contributed by atoms with Crippen molar-refractivity contribution in [1.29, 1.82) is 0 Å². The molecule has 2 radical (unpaired) electrons. The Morgan fingerprint density at radius 3 is 2.60 bits per heavy atom. The lowest BCUT2D eigenvalue weighted by Crippen LogP contribution is -2.39. The predicted molar refractivity (Wildman–Crippen MR) is 36.7 cm³/mol. The van der Waals surface area contributed by atoms with E-state index < -0.39 is 17.7 Å². The number of aliphatic hydroxyl groups is 2. The lowest BCUT2D eigenvalue weighted by Gasteiger charge is -2.24. The molecule has 1 heterocycles. The largest absolute Gasteiger partial charge is 0.393 e. The molecule has 0 aromatic carbocycles. The number of rotatable bonds is 1. The Labute approximate surface area is 61.4 Å². The predicted octanol–water partition coefficient (Wildman–Crippen LogP) is -0.987. The van der Waals surface area contributed by atoms with E-state index in [0.29, 0.717) is 6.42 Å². The maximum Gasteiger partial charge on any atom is 0.113 e. The van der Waals surface area contributed by atoms with E-state index in [2.05, 4.69) is 0 Å². The van der Waals surface area contributed by atoms with Crippen LogP contribution in [0.15, 0.2) is 0 Å². The van der Waals surface area contributed by atoms with Crippen molar-refractivity contribution in [3.63, 3.8) is 0 Å². The van der Waals surface area contributed by atoms with Crippen molar-refractivity contribution in [3.05, 3.63) is 0 Å². The van der Waals surface area contributed by atoms with Crippen molar-refractivity contribution >= 4 is 7.85 Å². The first-order chi connectivity index (χ1) is 4.58. The Bertz CT molecular complexity index is 130. The molecule has 2 N–H and O–H groups in total. The number of aliphatic hydroxyl groups excluding tert-OH is 2. The van der Waals surface area contributed by atoms with E-state index in [0.717, 1.165) is 0 Å². The summed E-state index contributed by atoms with van der Waals surface area (Å²) in [6.07, 6.45) is -0.246. The molecule has 3 nitrogen and oxygen atoms in total. The summed E-state index contributed by atoms with van der Waals surface area (Å²) < 4.78 is 5.09. The molecule has 0 aromatic heterocycles. The highest BCUT2D eigenvalue weighted by Crippen LogP contribution is 2.28. The first kappa shape index (κ1) is 8.05. The summed E-state index contributed by atoms with van der Waals surface area (Å²) in [5, 5.41) is 18.0. The maximum absolute atomic E-state index is 9.25. The molecular formula is C6H11BO3. The minimum absolute atomic E-state index is 0.193. The van der Waals surface area contributed by atoms with Crippen molar-refractivity contribution in [2.75, 3.05) is 6.61 Å². The molecule has 1 saturated heterocycles. The van der Waals surface area contributed by atoms with Crippen LogP contribution in [0, 0.1) is 0 Å². The Hall–Kier alpha value is -0.0551. The van der Waals surface area contributed by atoms with E-state index in [-0.39, 0.29) is 6.61 Å². The summed E-state index contributed by atoms with van der Waals surface area (Å²) >= 11 is 0. The van der Waals surface area contributed by atoms with Crippen molar-refractivity contribution in [2.45, 2.75) is 31.1 Å². The van der Waals surface area contributed by atoms with Crippen LogP contribution in [0.3, 0.4) is 0 Å². The summed E-state index contributed by atoms with van der Waals surface area (Å²) in [6, 6.07) is -0.438. The molecule has 56 valence electrons. The molecule has 0 unspecified atom stereocenters. The van der Waals surface area contributed by atoms with Gasteiger partial charge in [-0.15, -0.1) is 0 Å². The van der Waals surface area contributed by atoms with Crippen molar-refractivity contribution in [3.8, 4) is 0 Å². The van der Waals surface area contributed by atoms with Gasteiger partial charge in [0.15, 0.2) is 0 Å².